The molecule has 0 unspecified atom stereocenters. The van der Waals surface area contributed by atoms with E-state index in [1.165, 1.54) is 5.56 Å². The van der Waals surface area contributed by atoms with Crippen molar-refractivity contribution in [3.63, 3.8) is 0 Å². The normalized spacial score (nSPS) is 11.8. The van der Waals surface area contributed by atoms with Gasteiger partial charge in [0.05, 0.1) is 32.6 Å². The molecule has 0 saturated carbocycles. The van der Waals surface area contributed by atoms with Crippen molar-refractivity contribution < 1.29 is 14.6 Å². The predicted molar refractivity (Wildman–Crippen MR) is 107 cm³/mol. The smallest absolute Gasteiger partial charge is 0.222 e. The lowest BCUT2D eigenvalue weighted by Gasteiger charge is -2.19. The van der Waals surface area contributed by atoms with Gasteiger partial charge in [-0.2, -0.15) is 4.98 Å². The number of rotatable bonds is 12. The third kappa shape index (κ3) is 6.94. The summed E-state index contributed by atoms with van der Waals surface area (Å²) >= 11 is 0. The molecule has 0 aliphatic heterocycles. The van der Waals surface area contributed by atoms with Crippen LogP contribution in [-0.4, -0.2) is 41.4 Å². The van der Waals surface area contributed by atoms with Crippen molar-refractivity contribution in [2.75, 3.05) is 31.4 Å². The Kier molecular flexibility index (Phi) is 8.64. The SMILES string of the molecule is CCCC[C@@H](CO)Nc1nc(N)ncc1OCCCc1ccc(OC)cc1. The Hall–Kier alpha value is -2.54. The lowest BCUT2D eigenvalue weighted by molar-refractivity contribution is 0.265. The minimum atomic E-state index is -0.0825. The predicted octanol–water partition coefficient (Wildman–Crippen LogP) is 3.04. The van der Waals surface area contributed by atoms with Gasteiger partial charge in [-0.1, -0.05) is 31.9 Å². The number of hydrogen-bond acceptors (Lipinski definition) is 7. The summed E-state index contributed by atoms with van der Waals surface area (Å²) in [6, 6.07) is 7.94. The maximum absolute atomic E-state index is 9.56. The molecule has 0 amide bonds. The Morgan fingerprint density at radius 2 is 2.00 bits per heavy atom. The van der Waals surface area contributed by atoms with Gasteiger partial charge in [0, 0.05) is 0 Å². The highest BCUT2D eigenvalue weighted by atomic mass is 16.5. The summed E-state index contributed by atoms with van der Waals surface area (Å²) < 4.78 is 11.0. The van der Waals surface area contributed by atoms with Crippen molar-refractivity contribution in [2.45, 2.75) is 45.1 Å². The summed E-state index contributed by atoms with van der Waals surface area (Å²) in [5.74, 6) is 2.11. The molecule has 0 aliphatic carbocycles. The number of benzene rings is 1. The number of ether oxygens (including phenoxy) is 2. The number of nitrogen functional groups attached to an aromatic ring is 1. The van der Waals surface area contributed by atoms with Gasteiger partial charge in [0.25, 0.3) is 0 Å². The zero-order chi connectivity index (χ0) is 19.5. The van der Waals surface area contributed by atoms with E-state index in [1.54, 1.807) is 13.3 Å². The number of aliphatic hydroxyl groups is 1. The monoisotopic (exact) mass is 374 g/mol. The van der Waals surface area contributed by atoms with Crippen LogP contribution in [0.1, 0.15) is 38.2 Å². The third-order valence-corrected chi connectivity index (χ3v) is 4.27. The fourth-order valence-electron chi connectivity index (χ4n) is 2.70. The highest BCUT2D eigenvalue weighted by Gasteiger charge is 2.13. The summed E-state index contributed by atoms with van der Waals surface area (Å²) in [7, 11) is 1.66. The van der Waals surface area contributed by atoms with Gasteiger partial charge < -0.3 is 25.6 Å². The topological polar surface area (TPSA) is 103 Å². The van der Waals surface area contributed by atoms with E-state index in [1.807, 2.05) is 12.1 Å². The highest BCUT2D eigenvalue weighted by Crippen LogP contribution is 2.23. The van der Waals surface area contributed by atoms with Crippen LogP contribution in [-0.2, 0) is 6.42 Å². The number of nitrogens with two attached hydrogens (primary N) is 1. The van der Waals surface area contributed by atoms with E-state index in [9.17, 15) is 5.11 Å². The number of aliphatic hydroxyl groups excluding tert-OH is 1. The minimum absolute atomic E-state index is 0.0286. The van der Waals surface area contributed by atoms with Gasteiger partial charge in [0.2, 0.25) is 5.95 Å². The second-order valence-electron chi connectivity index (χ2n) is 6.41. The van der Waals surface area contributed by atoms with Crippen molar-refractivity contribution >= 4 is 11.8 Å². The lowest BCUT2D eigenvalue weighted by Crippen LogP contribution is -2.25. The molecule has 148 valence electrons. The van der Waals surface area contributed by atoms with Crippen LogP contribution >= 0.6 is 0 Å². The number of hydrogen-bond donors (Lipinski definition) is 3. The molecule has 1 atom stereocenters. The Morgan fingerprint density at radius 3 is 2.67 bits per heavy atom. The summed E-state index contributed by atoms with van der Waals surface area (Å²) in [4.78, 5) is 8.25. The van der Waals surface area contributed by atoms with Crippen LogP contribution in [0.3, 0.4) is 0 Å². The maximum Gasteiger partial charge on any atom is 0.222 e. The number of aromatic nitrogens is 2. The molecular formula is C20H30N4O3. The van der Waals surface area contributed by atoms with Crippen molar-refractivity contribution in [3.05, 3.63) is 36.0 Å². The summed E-state index contributed by atoms with van der Waals surface area (Å²) in [5.41, 5.74) is 6.94. The summed E-state index contributed by atoms with van der Waals surface area (Å²) in [6.45, 7) is 2.68. The number of nitrogens with one attached hydrogen (secondary N) is 1. The zero-order valence-corrected chi connectivity index (χ0v) is 16.1. The molecular weight excluding hydrogens is 344 g/mol. The van der Waals surface area contributed by atoms with E-state index >= 15 is 0 Å². The van der Waals surface area contributed by atoms with E-state index in [2.05, 4.69) is 34.3 Å². The molecule has 4 N–H and O–H groups in total. The molecule has 1 aromatic carbocycles. The number of methoxy groups -OCH3 is 1. The van der Waals surface area contributed by atoms with Gasteiger partial charge in [-0.15, -0.1) is 0 Å². The lowest BCUT2D eigenvalue weighted by atomic mass is 10.1. The zero-order valence-electron chi connectivity index (χ0n) is 16.1. The van der Waals surface area contributed by atoms with Crippen molar-refractivity contribution in [1.29, 1.82) is 0 Å². The first-order valence-corrected chi connectivity index (χ1v) is 9.41. The average molecular weight is 374 g/mol. The quantitative estimate of drug-likeness (QED) is 0.491. The number of anilines is 2. The fourth-order valence-corrected chi connectivity index (χ4v) is 2.70. The second-order valence-corrected chi connectivity index (χ2v) is 6.41. The molecule has 7 heteroatoms. The molecule has 0 bridgehead atoms. The van der Waals surface area contributed by atoms with Gasteiger partial charge in [-0.25, -0.2) is 4.98 Å². The molecule has 2 rings (SSSR count). The van der Waals surface area contributed by atoms with Crippen LogP contribution < -0.4 is 20.5 Å². The van der Waals surface area contributed by atoms with Crippen molar-refractivity contribution in [2.24, 2.45) is 0 Å². The molecule has 0 aliphatic rings. The number of nitrogens with zero attached hydrogens (tertiary/aromatic N) is 2. The van der Waals surface area contributed by atoms with Crippen LogP contribution in [0.25, 0.3) is 0 Å². The van der Waals surface area contributed by atoms with Gasteiger partial charge in [-0.3, -0.25) is 0 Å². The van der Waals surface area contributed by atoms with Crippen molar-refractivity contribution in [1.82, 2.24) is 9.97 Å². The molecule has 7 nitrogen and oxygen atoms in total. The summed E-state index contributed by atoms with van der Waals surface area (Å²) in [5, 5.41) is 12.8. The Labute approximate surface area is 160 Å². The molecule has 0 spiro atoms. The maximum atomic E-state index is 9.56. The van der Waals surface area contributed by atoms with Crippen LogP contribution in [0, 0.1) is 0 Å². The van der Waals surface area contributed by atoms with Gasteiger partial charge in [0.1, 0.15) is 5.75 Å². The van der Waals surface area contributed by atoms with Gasteiger partial charge in [0.15, 0.2) is 11.6 Å². The highest BCUT2D eigenvalue weighted by molar-refractivity contribution is 5.51. The first kappa shape index (κ1) is 20.8. The van der Waals surface area contributed by atoms with E-state index in [0.29, 0.717) is 18.2 Å². The summed E-state index contributed by atoms with van der Waals surface area (Å²) in [6.07, 6.45) is 6.28. The second kappa shape index (κ2) is 11.2. The van der Waals surface area contributed by atoms with Crippen LogP contribution in [0.4, 0.5) is 11.8 Å². The molecule has 1 heterocycles. The average Bonchev–Trinajstić information content (AvgIpc) is 2.70. The first-order valence-electron chi connectivity index (χ1n) is 9.41. The Bertz CT molecular complexity index is 679. The first-order chi connectivity index (χ1) is 13.2. The standard InChI is InChI=1S/C20H30N4O3/c1-3-4-7-16(14-25)23-19-18(13-22-20(21)24-19)27-12-5-6-15-8-10-17(26-2)11-9-15/h8-11,13,16,25H,3-7,12,14H2,1-2H3,(H3,21,22,23,24)/t16-/m0/s1. The van der Waals surface area contributed by atoms with Gasteiger partial charge >= 0.3 is 0 Å². The van der Waals surface area contributed by atoms with Crippen LogP contribution in [0.5, 0.6) is 11.5 Å². The number of unbranched alkanes of at least 4 members (excludes halogenated alkanes) is 1. The van der Waals surface area contributed by atoms with E-state index in [4.69, 9.17) is 15.2 Å². The molecule has 0 fully saturated rings. The molecule has 0 radical (unpaired) electrons. The number of aryl methyl sites for hydroxylation is 1. The molecule has 2 aromatic rings. The fraction of sp³-hybridized carbons (Fsp3) is 0.500. The molecule has 27 heavy (non-hydrogen) atoms. The third-order valence-electron chi connectivity index (χ3n) is 4.27. The Balaban J connectivity index is 1.89. The van der Waals surface area contributed by atoms with Crippen molar-refractivity contribution in [3.8, 4) is 11.5 Å². The van der Waals surface area contributed by atoms with E-state index in [0.717, 1.165) is 37.9 Å². The van der Waals surface area contributed by atoms with Crippen LogP contribution in [0.15, 0.2) is 30.5 Å². The van der Waals surface area contributed by atoms with E-state index in [-0.39, 0.29) is 18.6 Å². The molecule has 0 saturated heterocycles. The Morgan fingerprint density at radius 1 is 1.22 bits per heavy atom. The van der Waals surface area contributed by atoms with Crippen LogP contribution in [0.2, 0.25) is 0 Å². The van der Waals surface area contributed by atoms with E-state index < -0.39 is 0 Å². The molecule has 1 aromatic heterocycles. The largest absolute Gasteiger partial charge is 0.497 e. The van der Waals surface area contributed by atoms with Gasteiger partial charge in [-0.05, 0) is 37.0 Å². The minimum Gasteiger partial charge on any atom is -0.497 e.